The molecule has 2 aromatic heterocycles. The molecule has 176 valence electrons. The van der Waals surface area contributed by atoms with Crippen LogP contribution in [0.3, 0.4) is 0 Å². The van der Waals surface area contributed by atoms with Crippen molar-refractivity contribution in [2.45, 2.75) is 13.5 Å². The molecule has 0 bridgehead atoms. The van der Waals surface area contributed by atoms with Crippen LogP contribution >= 0.6 is 0 Å². The second-order valence-corrected chi connectivity index (χ2v) is 8.60. The molecule has 0 saturated carbocycles. The van der Waals surface area contributed by atoms with Crippen LogP contribution in [-0.4, -0.2) is 15.1 Å². The molecule has 1 N–H and O–H groups in total. The maximum atomic E-state index is 9.82. The number of aliphatic hydroxyl groups excluding tert-OH is 1. The van der Waals surface area contributed by atoms with E-state index in [9.17, 15) is 5.11 Å². The average molecular weight is 477 g/mol. The Morgan fingerprint density at radius 1 is 0.541 bits per heavy atom. The molecule has 0 fully saturated rings. The molecular formula is C34H24N2O. The molecule has 0 aliphatic heterocycles. The van der Waals surface area contributed by atoms with E-state index in [4.69, 9.17) is 0 Å². The highest BCUT2D eigenvalue weighted by molar-refractivity contribution is 5.65. The molecule has 0 radical (unpaired) electrons. The topological polar surface area (TPSA) is 46.0 Å². The largest absolute Gasteiger partial charge is 0.392 e. The minimum atomic E-state index is -0.0646. The third-order valence-electron chi connectivity index (χ3n) is 6.13. The van der Waals surface area contributed by atoms with E-state index in [1.807, 2.05) is 67.6 Å². The highest BCUT2D eigenvalue weighted by atomic mass is 16.3. The van der Waals surface area contributed by atoms with Gasteiger partial charge in [0.1, 0.15) is 0 Å². The van der Waals surface area contributed by atoms with Gasteiger partial charge in [-0.3, -0.25) is 9.97 Å². The lowest BCUT2D eigenvalue weighted by molar-refractivity contribution is 0.282. The zero-order valence-corrected chi connectivity index (χ0v) is 20.4. The molecule has 37 heavy (non-hydrogen) atoms. The van der Waals surface area contributed by atoms with Gasteiger partial charge in [-0.25, -0.2) is 0 Å². The molecule has 0 aliphatic carbocycles. The second kappa shape index (κ2) is 11.2. The van der Waals surface area contributed by atoms with Crippen molar-refractivity contribution in [2.24, 2.45) is 0 Å². The van der Waals surface area contributed by atoms with E-state index in [-0.39, 0.29) is 6.61 Å². The van der Waals surface area contributed by atoms with Crippen molar-refractivity contribution in [3.8, 4) is 45.9 Å². The van der Waals surface area contributed by atoms with Gasteiger partial charge >= 0.3 is 0 Å². The van der Waals surface area contributed by atoms with Crippen LogP contribution in [0, 0.1) is 30.6 Å². The lowest BCUT2D eigenvalue weighted by atomic mass is 9.98. The van der Waals surface area contributed by atoms with Gasteiger partial charge < -0.3 is 5.11 Å². The first-order valence-corrected chi connectivity index (χ1v) is 12.0. The Bertz CT molecular complexity index is 1510. The predicted molar refractivity (Wildman–Crippen MR) is 148 cm³/mol. The van der Waals surface area contributed by atoms with Crippen LogP contribution in [0.1, 0.15) is 33.4 Å². The highest BCUT2D eigenvalue weighted by Crippen LogP contribution is 2.21. The number of aromatic nitrogens is 2. The van der Waals surface area contributed by atoms with Crippen LogP contribution in [-0.2, 0) is 6.61 Å². The Morgan fingerprint density at radius 2 is 0.919 bits per heavy atom. The van der Waals surface area contributed by atoms with Gasteiger partial charge in [0.15, 0.2) is 0 Å². The van der Waals surface area contributed by atoms with Crippen LogP contribution in [0.15, 0.2) is 110 Å². The Kier molecular flexibility index (Phi) is 7.19. The van der Waals surface area contributed by atoms with Crippen molar-refractivity contribution >= 4 is 0 Å². The van der Waals surface area contributed by atoms with Crippen LogP contribution < -0.4 is 0 Å². The van der Waals surface area contributed by atoms with Crippen molar-refractivity contribution in [1.82, 2.24) is 9.97 Å². The Balaban J connectivity index is 1.39. The van der Waals surface area contributed by atoms with Gasteiger partial charge in [-0.05, 0) is 101 Å². The SMILES string of the molecule is Cc1c(C#Cc2ccc(-c3ccncc3)cc2)cc(CO)cc1C#Cc1ccc(-c2ccncc2)cc1. The van der Waals surface area contributed by atoms with E-state index in [2.05, 4.69) is 57.9 Å². The number of benzene rings is 3. The van der Waals surface area contributed by atoms with Crippen LogP contribution in [0.4, 0.5) is 0 Å². The second-order valence-electron chi connectivity index (χ2n) is 8.60. The first kappa shape index (κ1) is 23.8. The maximum Gasteiger partial charge on any atom is 0.0682 e. The number of hydrogen-bond donors (Lipinski definition) is 1. The molecular weight excluding hydrogens is 452 g/mol. The molecule has 0 aliphatic rings. The fourth-order valence-electron chi connectivity index (χ4n) is 3.98. The fourth-order valence-corrected chi connectivity index (χ4v) is 3.98. The molecule has 0 saturated heterocycles. The van der Waals surface area contributed by atoms with Gasteiger partial charge in [-0.15, -0.1) is 0 Å². The van der Waals surface area contributed by atoms with E-state index in [1.54, 1.807) is 24.8 Å². The minimum absolute atomic E-state index is 0.0646. The fraction of sp³-hybridized carbons (Fsp3) is 0.0588. The average Bonchev–Trinajstić information content (AvgIpc) is 2.97. The van der Waals surface area contributed by atoms with Crippen molar-refractivity contribution in [2.75, 3.05) is 0 Å². The Labute approximate surface area is 217 Å². The summed E-state index contributed by atoms with van der Waals surface area (Å²) in [5.74, 6) is 13.1. The molecule has 5 rings (SSSR count). The van der Waals surface area contributed by atoms with Gasteiger partial charge in [-0.1, -0.05) is 47.9 Å². The molecule has 0 spiro atoms. The van der Waals surface area contributed by atoms with Crippen LogP contribution in [0.2, 0.25) is 0 Å². The Hall–Kier alpha value is -4.96. The van der Waals surface area contributed by atoms with E-state index in [1.165, 1.54) is 0 Å². The summed E-state index contributed by atoms with van der Waals surface area (Å²) >= 11 is 0. The predicted octanol–water partition coefficient (Wildman–Crippen LogP) is 6.41. The summed E-state index contributed by atoms with van der Waals surface area (Å²) in [6, 6.07) is 28.1. The van der Waals surface area contributed by atoms with E-state index in [0.717, 1.165) is 55.6 Å². The van der Waals surface area contributed by atoms with Gasteiger partial charge in [0.05, 0.1) is 6.61 Å². The molecule has 0 amide bonds. The van der Waals surface area contributed by atoms with Crippen LogP contribution in [0.5, 0.6) is 0 Å². The van der Waals surface area contributed by atoms with Crippen LogP contribution in [0.25, 0.3) is 22.3 Å². The quantitative estimate of drug-likeness (QED) is 0.306. The first-order valence-electron chi connectivity index (χ1n) is 12.0. The smallest absolute Gasteiger partial charge is 0.0682 e. The van der Waals surface area contributed by atoms with E-state index < -0.39 is 0 Å². The van der Waals surface area contributed by atoms with Crippen molar-refractivity contribution < 1.29 is 5.11 Å². The molecule has 3 aromatic carbocycles. The molecule has 3 nitrogen and oxygen atoms in total. The zero-order chi connectivity index (χ0) is 25.5. The number of pyridine rings is 2. The van der Waals surface area contributed by atoms with E-state index in [0.29, 0.717) is 0 Å². The highest BCUT2D eigenvalue weighted by Gasteiger charge is 2.05. The third-order valence-corrected chi connectivity index (χ3v) is 6.13. The minimum Gasteiger partial charge on any atom is -0.392 e. The van der Waals surface area contributed by atoms with Gasteiger partial charge in [-0.2, -0.15) is 0 Å². The summed E-state index contributed by atoms with van der Waals surface area (Å²) in [6.07, 6.45) is 7.16. The standard InChI is InChI=1S/C34H24N2O/c1-25-33(12-6-26-2-8-29(9-3-26)31-14-18-35-19-15-31)22-28(24-37)23-34(25)13-7-27-4-10-30(11-5-27)32-16-20-36-21-17-32/h2-5,8-11,14-23,37H,24H2,1H3. The van der Waals surface area contributed by atoms with Crippen molar-refractivity contribution in [1.29, 1.82) is 0 Å². The normalized spacial score (nSPS) is 10.1. The lowest BCUT2D eigenvalue weighted by Crippen LogP contribution is -1.94. The van der Waals surface area contributed by atoms with Crippen molar-refractivity contribution in [3.63, 3.8) is 0 Å². The van der Waals surface area contributed by atoms with Gasteiger partial charge in [0, 0.05) is 47.0 Å². The van der Waals surface area contributed by atoms with Crippen molar-refractivity contribution in [3.05, 3.63) is 143 Å². The molecule has 5 aromatic rings. The van der Waals surface area contributed by atoms with E-state index >= 15 is 0 Å². The summed E-state index contributed by atoms with van der Waals surface area (Å²) in [5.41, 5.74) is 9.86. The number of nitrogens with zero attached hydrogens (tertiary/aromatic N) is 2. The molecule has 2 heterocycles. The number of hydrogen-bond acceptors (Lipinski definition) is 3. The van der Waals surface area contributed by atoms with Gasteiger partial charge in [0.25, 0.3) is 0 Å². The number of rotatable bonds is 3. The molecule has 3 heteroatoms. The maximum absolute atomic E-state index is 9.82. The first-order chi connectivity index (χ1) is 18.2. The lowest BCUT2D eigenvalue weighted by Gasteiger charge is -2.06. The summed E-state index contributed by atoms with van der Waals surface area (Å²) < 4.78 is 0. The Morgan fingerprint density at radius 3 is 1.30 bits per heavy atom. The number of aliphatic hydroxyl groups is 1. The molecule has 0 atom stereocenters. The summed E-state index contributed by atoms with van der Waals surface area (Å²) in [6.45, 7) is 1.96. The monoisotopic (exact) mass is 476 g/mol. The van der Waals surface area contributed by atoms with Gasteiger partial charge in [0.2, 0.25) is 0 Å². The molecule has 0 unspecified atom stereocenters. The zero-order valence-electron chi connectivity index (χ0n) is 20.4. The summed E-state index contributed by atoms with van der Waals surface area (Å²) in [4.78, 5) is 8.15. The third kappa shape index (κ3) is 5.82. The summed E-state index contributed by atoms with van der Waals surface area (Å²) in [7, 11) is 0. The summed E-state index contributed by atoms with van der Waals surface area (Å²) in [5, 5.41) is 9.82.